The number of methoxy groups -OCH3 is 1. The van der Waals surface area contributed by atoms with Crippen LogP contribution in [0.5, 0.6) is 5.75 Å². The molecule has 0 saturated heterocycles. The lowest BCUT2D eigenvalue weighted by molar-refractivity contribution is 0.415. The molecule has 0 unspecified atom stereocenters. The van der Waals surface area contributed by atoms with Crippen molar-refractivity contribution in [2.24, 2.45) is 5.73 Å². The van der Waals surface area contributed by atoms with Gasteiger partial charge in [-0.25, -0.2) is 0 Å². The van der Waals surface area contributed by atoms with Crippen LogP contribution in [-0.2, 0) is 0 Å². The molecule has 0 aromatic heterocycles. The van der Waals surface area contributed by atoms with Crippen LogP contribution in [-0.4, -0.2) is 12.1 Å². The minimum atomic E-state index is 0.358. The summed E-state index contributed by atoms with van der Waals surface area (Å²) in [5.41, 5.74) is 9.39. The van der Waals surface area contributed by atoms with Gasteiger partial charge in [0.1, 0.15) is 10.7 Å². The molecular formula is C15H15ClN2OS. The second kappa shape index (κ2) is 6.11. The van der Waals surface area contributed by atoms with Crippen molar-refractivity contribution in [3.8, 4) is 5.75 Å². The van der Waals surface area contributed by atoms with Gasteiger partial charge in [-0.15, -0.1) is 0 Å². The van der Waals surface area contributed by atoms with Gasteiger partial charge in [0.2, 0.25) is 0 Å². The van der Waals surface area contributed by atoms with Crippen LogP contribution in [0.4, 0.5) is 11.4 Å². The van der Waals surface area contributed by atoms with Crippen molar-refractivity contribution in [1.29, 1.82) is 0 Å². The smallest absolute Gasteiger partial charge is 0.139 e. The van der Waals surface area contributed by atoms with Crippen molar-refractivity contribution in [1.82, 2.24) is 0 Å². The molecule has 5 heteroatoms. The quantitative estimate of drug-likeness (QED) is 0.837. The maximum atomic E-state index is 6.02. The third-order valence-corrected chi connectivity index (χ3v) is 3.49. The normalized spacial score (nSPS) is 10.2. The van der Waals surface area contributed by atoms with Crippen LogP contribution in [0, 0.1) is 6.92 Å². The predicted molar refractivity (Wildman–Crippen MR) is 88.4 cm³/mol. The number of nitrogens with one attached hydrogen (secondary N) is 1. The standard InChI is InChI=1S/C15H15ClN2OS/c1-9-4-3-5-11(15(17)20)14(9)18-10-6-7-12(16)13(8-10)19-2/h3-8,18H,1-2H3,(H2,17,20). The molecule has 0 saturated carbocycles. The minimum Gasteiger partial charge on any atom is -0.495 e. The molecule has 0 aliphatic carbocycles. The molecule has 0 amide bonds. The molecule has 0 aliphatic rings. The largest absolute Gasteiger partial charge is 0.495 e. The summed E-state index contributed by atoms with van der Waals surface area (Å²) in [4.78, 5) is 0.358. The Labute approximate surface area is 128 Å². The van der Waals surface area contributed by atoms with Gasteiger partial charge < -0.3 is 15.8 Å². The summed E-state index contributed by atoms with van der Waals surface area (Å²) in [6.45, 7) is 2.00. The van der Waals surface area contributed by atoms with Crippen LogP contribution >= 0.6 is 23.8 Å². The fourth-order valence-corrected chi connectivity index (χ4v) is 2.29. The van der Waals surface area contributed by atoms with E-state index in [4.69, 9.17) is 34.3 Å². The Morgan fingerprint density at radius 3 is 2.70 bits per heavy atom. The van der Waals surface area contributed by atoms with E-state index in [-0.39, 0.29) is 0 Å². The highest BCUT2D eigenvalue weighted by atomic mass is 35.5. The van der Waals surface area contributed by atoms with E-state index in [0.717, 1.165) is 22.5 Å². The van der Waals surface area contributed by atoms with Crippen molar-refractivity contribution in [3.63, 3.8) is 0 Å². The summed E-state index contributed by atoms with van der Waals surface area (Å²) in [5, 5.41) is 3.88. The van der Waals surface area contributed by atoms with Crippen LogP contribution in [0.15, 0.2) is 36.4 Å². The molecular weight excluding hydrogens is 292 g/mol. The zero-order chi connectivity index (χ0) is 14.7. The number of benzene rings is 2. The summed E-state index contributed by atoms with van der Waals surface area (Å²) in [6.07, 6.45) is 0. The molecule has 0 spiro atoms. The van der Waals surface area contributed by atoms with Gasteiger partial charge in [-0.05, 0) is 30.7 Å². The van der Waals surface area contributed by atoms with Crippen molar-refractivity contribution >= 4 is 40.2 Å². The molecule has 104 valence electrons. The lowest BCUT2D eigenvalue weighted by Crippen LogP contribution is -2.12. The van der Waals surface area contributed by atoms with E-state index in [0.29, 0.717) is 15.8 Å². The van der Waals surface area contributed by atoms with Gasteiger partial charge in [0, 0.05) is 17.3 Å². The number of ether oxygens (including phenoxy) is 1. The van der Waals surface area contributed by atoms with Gasteiger partial charge in [-0.2, -0.15) is 0 Å². The number of thiocarbonyl (C=S) groups is 1. The van der Waals surface area contributed by atoms with Gasteiger partial charge >= 0.3 is 0 Å². The summed E-state index contributed by atoms with van der Waals surface area (Å²) in [6, 6.07) is 11.3. The molecule has 0 heterocycles. The summed E-state index contributed by atoms with van der Waals surface area (Å²) >= 11 is 11.1. The van der Waals surface area contributed by atoms with Gasteiger partial charge in [0.15, 0.2) is 0 Å². The molecule has 3 N–H and O–H groups in total. The first-order valence-corrected chi connectivity index (χ1v) is 6.81. The highest BCUT2D eigenvalue weighted by Gasteiger charge is 2.09. The number of hydrogen-bond donors (Lipinski definition) is 2. The number of halogens is 1. The monoisotopic (exact) mass is 306 g/mol. The molecule has 3 nitrogen and oxygen atoms in total. The summed E-state index contributed by atoms with van der Waals surface area (Å²) in [7, 11) is 1.58. The predicted octanol–water partition coefficient (Wildman–Crippen LogP) is 4.03. The van der Waals surface area contributed by atoms with Crippen molar-refractivity contribution in [2.75, 3.05) is 12.4 Å². The van der Waals surface area contributed by atoms with E-state index in [2.05, 4.69) is 5.32 Å². The topological polar surface area (TPSA) is 47.3 Å². The van der Waals surface area contributed by atoms with Gasteiger partial charge in [0.25, 0.3) is 0 Å². The number of nitrogens with two attached hydrogens (primary N) is 1. The third kappa shape index (κ3) is 3.03. The van der Waals surface area contributed by atoms with E-state index in [1.807, 2.05) is 37.3 Å². The Kier molecular flexibility index (Phi) is 4.47. The van der Waals surface area contributed by atoms with E-state index in [1.54, 1.807) is 13.2 Å². The van der Waals surface area contributed by atoms with Gasteiger partial charge in [-0.1, -0.05) is 36.0 Å². The summed E-state index contributed by atoms with van der Waals surface area (Å²) < 4.78 is 5.21. The first kappa shape index (κ1) is 14.6. The number of para-hydroxylation sites is 1. The molecule has 0 atom stereocenters. The highest BCUT2D eigenvalue weighted by Crippen LogP contribution is 2.31. The van der Waals surface area contributed by atoms with Crippen molar-refractivity contribution < 1.29 is 4.74 Å². The van der Waals surface area contributed by atoms with E-state index in [1.165, 1.54) is 0 Å². The highest BCUT2D eigenvalue weighted by molar-refractivity contribution is 7.80. The third-order valence-electron chi connectivity index (χ3n) is 2.96. The van der Waals surface area contributed by atoms with Gasteiger partial charge in [0.05, 0.1) is 17.8 Å². The number of aryl methyl sites for hydroxylation is 1. The van der Waals surface area contributed by atoms with Crippen LogP contribution in [0.3, 0.4) is 0 Å². The number of hydrogen-bond acceptors (Lipinski definition) is 3. The lowest BCUT2D eigenvalue weighted by atomic mass is 10.1. The molecule has 2 aromatic rings. The zero-order valence-corrected chi connectivity index (χ0v) is 12.8. The second-order valence-electron chi connectivity index (χ2n) is 4.34. The number of anilines is 2. The van der Waals surface area contributed by atoms with Crippen molar-refractivity contribution in [3.05, 3.63) is 52.5 Å². The maximum Gasteiger partial charge on any atom is 0.139 e. The molecule has 0 bridgehead atoms. The molecule has 2 rings (SSSR count). The molecule has 0 aliphatic heterocycles. The van der Waals surface area contributed by atoms with Crippen molar-refractivity contribution in [2.45, 2.75) is 6.92 Å². The van der Waals surface area contributed by atoms with E-state index >= 15 is 0 Å². The zero-order valence-electron chi connectivity index (χ0n) is 11.2. The molecule has 0 fully saturated rings. The first-order valence-electron chi connectivity index (χ1n) is 6.03. The average molecular weight is 307 g/mol. The van der Waals surface area contributed by atoms with Crippen LogP contribution in [0.2, 0.25) is 5.02 Å². The van der Waals surface area contributed by atoms with Crippen LogP contribution in [0.1, 0.15) is 11.1 Å². The number of rotatable bonds is 4. The lowest BCUT2D eigenvalue weighted by Gasteiger charge is -2.15. The Bertz CT molecular complexity index is 658. The van der Waals surface area contributed by atoms with Crippen LogP contribution in [0.25, 0.3) is 0 Å². The molecule has 2 aromatic carbocycles. The Morgan fingerprint density at radius 1 is 1.30 bits per heavy atom. The fraction of sp³-hybridized carbons (Fsp3) is 0.133. The SMILES string of the molecule is COc1cc(Nc2c(C)cccc2C(N)=S)ccc1Cl. The van der Waals surface area contributed by atoms with E-state index in [9.17, 15) is 0 Å². The van der Waals surface area contributed by atoms with Crippen LogP contribution < -0.4 is 15.8 Å². The minimum absolute atomic E-state index is 0.358. The Morgan fingerprint density at radius 2 is 2.05 bits per heavy atom. The second-order valence-corrected chi connectivity index (χ2v) is 5.18. The average Bonchev–Trinajstić information content (AvgIpc) is 2.42. The molecule has 20 heavy (non-hydrogen) atoms. The molecule has 0 radical (unpaired) electrons. The Balaban J connectivity index is 2.42. The maximum absolute atomic E-state index is 6.02. The Hall–Kier alpha value is -1.78. The summed E-state index contributed by atoms with van der Waals surface area (Å²) in [5.74, 6) is 0.613. The van der Waals surface area contributed by atoms with Gasteiger partial charge in [-0.3, -0.25) is 0 Å². The fourth-order valence-electron chi connectivity index (χ4n) is 1.92. The van der Waals surface area contributed by atoms with E-state index < -0.39 is 0 Å². The first-order chi connectivity index (χ1) is 9.52.